The van der Waals surface area contributed by atoms with Gasteiger partial charge in [0.05, 0.1) is 66.2 Å². The van der Waals surface area contributed by atoms with Crippen LogP contribution < -0.4 is 0 Å². The molecule has 8 aromatic heterocycles. The standard InChI is InChI=1S/C80H48N10/c1-2-22-49(23-3-1)78-82-79(89-70-40-18-10-32-58(70)62-46-44-60-56-30-8-14-36-66(56)86(74(60)76(62)89)51-25-20-24-50(48-51)85-64-34-12-4-26-52(64)53-27-5-13-35-65(53)85)84-80(83-78)90-71-41-19-11-33-59(71)63-47-45-61-57-31-9-17-39-69(57)88(75(61)77(63)90)73-43-21-42-72(81-73)87-67-37-15-6-28-54(67)55-29-7-16-38-68(55)87/h1-48H. The molecule has 0 atom stereocenters. The van der Waals surface area contributed by atoms with Crippen molar-refractivity contribution in [3.05, 3.63) is 291 Å². The van der Waals surface area contributed by atoms with Gasteiger partial charge in [-0.15, -0.1) is 0 Å². The minimum atomic E-state index is 0.485. The quantitative estimate of drug-likeness (QED) is 0.159. The molecule has 0 saturated carbocycles. The van der Waals surface area contributed by atoms with Crippen molar-refractivity contribution in [2.75, 3.05) is 0 Å². The minimum absolute atomic E-state index is 0.485. The van der Waals surface area contributed by atoms with Crippen LogP contribution in [0.5, 0.6) is 0 Å². The van der Waals surface area contributed by atoms with Crippen molar-refractivity contribution >= 4 is 131 Å². The van der Waals surface area contributed by atoms with Gasteiger partial charge in [0.2, 0.25) is 11.9 Å². The second-order valence-electron chi connectivity index (χ2n) is 23.4. The Morgan fingerprint density at radius 3 is 0.922 bits per heavy atom. The molecule has 0 amide bonds. The van der Waals surface area contributed by atoms with E-state index in [0.717, 1.165) is 138 Å². The first-order chi connectivity index (χ1) is 44.7. The Bertz CT molecular complexity index is 5950. The van der Waals surface area contributed by atoms with Crippen LogP contribution in [0.4, 0.5) is 0 Å². The summed E-state index contributed by atoms with van der Waals surface area (Å²) < 4.78 is 14.1. The molecule has 10 nitrogen and oxygen atoms in total. The van der Waals surface area contributed by atoms with Gasteiger partial charge >= 0.3 is 0 Å². The molecule has 90 heavy (non-hydrogen) atoms. The lowest BCUT2D eigenvalue weighted by Gasteiger charge is -2.16. The molecule has 0 aliphatic heterocycles. The molecule has 0 aliphatic carbocycles. The van der Waals surface area contributed by atoms with E-state index < -0.39 is 0 Å². The van der Waals surface area contributed by atoms with Crippen LogP contribution in [0.3, 0.4) is 0 Å². The first kappa shape index (κ1) is 48.8. The lowest BCUT2D eigenvalue weighted by Crippen LogP contribution is -2.11. The first-order valence-electron chi connectivity index (χ1n) is 30.5. The van der Waals surface area contributed by atoms with Gasteiger partial charge < -0.3 is 9.13 Å². The fourth-order valence-corrected chi connectivity index (χ4v) is 15.0. The number of hydrogen-bond acceptors (Lipinski definition) is 4. The van der Waals surface area contributed by atoms with Gasteiger partial charge in [-0.05, 0) is 78.9 Å². The molecule has 8 heterocycles. The summed E-state index contributed by atoms with van der Waals surface area (Å²) in [5.41, 5.74) is 15.6. The zero-order valence-corrected chi connectivity index (χ0v) is 48.2. The first-order valence-corrected chi connectivity index (χ1v) is 30.5. The second-order valence-corrected chi connectivity index (χ2v) is 23.4. The van der Waals surface area contributed by atoms with Gasteiger partial charge in [-0.2, -0.15) is 15.0 Å². The number of pyridine rings is 1. The van der Waals surface area contributed by atoms with Crippen LogP contribution in [0.15, 0.2) is 291 Å². The Morgan fingerprint density at radius 2 is 0.489 bits per heavy atom. The Balaban J connectivity index is 0.882. The van der Waals surface area contributed by atoms with Crippen LogP contribution in [-0.2, 0) is 0 Å². The minimum Gasteiger partial charge on any atom is -0.309 e. The number of aromatic nitrogens is 10. The predicted molar refractivity (Wildman–Crippen MR) is 369 cm³/mol. The van der Waals surface area contributed by atoms with Crippen LogP contribution in [0, 0.1) is 0 Å². The summed E-state index contributed by atoms with van der Waals surface area (Å²) in [7, 11) is 0. The zero-order valence-electron chi connectivity index (χ0n) is 48.2. The summed E-state index contributed by atoms with van der Waals surface area (Å²) in [6.45, 7) is 0. The molecule has 12 aromatic carbocycles. The van der Waals surface area contributed by atoms with E-state index in [2.05, 4.69) is 313 Å². The van der Waals surface area contributed by atoms with Crippen molar-refractivity contribution in [1.29, 1.82) is 0 Å². The third-order valence-electron chi connectivity index (χ3n) is 18.7. The third-order valence-corrected chi connectivity index (χ3v) is 18.7. The number of para-hydroxylation sites is 8. The monoisotopic (exact) mass is 1150 g/mol. The number of nitrogens with zero attached hydrogens (tertiary/aromatic N) is 10. The number of rotatable bonds is 7. The molecule has 0 aliphatic rings. The molecule has 0 radical (unpaired) electrons. The summed E-state index contributed by atoms with van der Waals surface area (Å²) in [5.74, 6) is 3.14. The maximum atomic E-state index is 5.85. The Hall–Kier alpha value is -12.4. The van der Waals surface area contributed by atoms with E-state index >= 15 is 0 Å². The molecule has 10 heteroatoms. The Labute approximate surface area is 512 Å². The van der Waals surface area contributed by atoms with Crippen LogP contribution in [0.2, 0.25) is 0 Å². The van der Waals surface area contributed by atoms with E-state index in [1.54, 1.807) is 0 Å². The van der Waals surface area contributed by atoms with Crippen molar-refractivity contribution < 1.29 is 0 Å². The van der Waals surface area contributed by atoms with Crippen molar-refractivity contribution in [2.24, 2.45) is 0 Å². The van der Waals surface area contributed by atoms with Crippen molar-refractivity contribution in [1.82, 2.24) is 47.3 Å². The normalized spacial score (nSPS) is 12.2. The molecule has 0 fully saturated rings. The lowest BCUT2D eigenvalue weighted by atomic mass is 10.1. The number of hydrogen-bond donors (Lipinski definition) is 0. The van der Waals surface area contributed by atoms with Gasteiger partial charge in [0, 0.05) is 81.6 Å². The van der Waals surface area contributed by atoms with Crippen molar-refractivity contribution in [2.45, 2.75) is 0 Å². The lowest BCUT2D eigenvalue weighted by molar-refractivity contribution is 0.893. The fraction of sp³-hybridized carbons (Fsp3) is 0. The molecule has 418 valence electrons. The van der Waals surface area contributed by atoms with Gasteiger partial charge in [0.15, 0.2) is 5.82 Å². The number of fused-ring (bicyclic) bond motifs is 20. The van der Waals surface area contributed by atoms with Crippen LogP contribution >= 0.6 is 0 Å². The van der Waals surface area contributed by atoms with Gasteiger partial charge in [-0.25, -0.2) is 4.98 Å². The Kier molecular flexibility index (Phi) is 10.1. The van der Waals surface area contributed by atoms with Crippen molar-refractivity contribution in [3.63, 3.8) is 0 Å². The molecule has 0 bridgehead atoms. The van der Waals surface area contributed by atoms with Gasteiger partial charge in [0.1, 0.15) is 11.6 Å². The third kappa shape index (κ3) is 6.75. The van der Waals surface area contributed by atoms with E-state index in [1.807, 2.05) is 6.07 Å². The van der Waals surface area contributed by atoms with Crippen LogP contribution in [-0.4, -0.2) is 47.3 Å². The van der Waals surface area contributed by atoms with E-state index in [4.69, 9.17) is 19.9 Å². The molecular weight excluding hydrogens is 1100 g/mol. The summed E-state index contributed by atoms with van der Waals surface area (Å²) in [6, 6.07) is 104. The molecular formula is C80H48N10. The van der Waals surface area contributed by atoms with Gasteiger partial charge in [0.25, 0.3) is 0 Å². The molecule has 0 N–H and O–H groups in total. The van der Waals surface area contributed by atoms with Crippen LogP contribution in [0.1, 0.15) is 0 Å². The smallest absolute Gasteiger partial charge is 0.240 e. The molecule has 20 rings (SSSR count). The summed E-state index contributed by atoms with van der Waals surface area (Å²) >= 11 is 0. The highest BCUT2D eigenvalue weighted by atomic mass is 15.3. The maximum absolute atomic E-state index is 5.85. The Morgan fingerprint density at radius 1 is 0.189 bits per heavy atom. The van der Waals surface area contributed by atoms with E-state index in [0.29, 0.717) is 17.7 Å². The van der Waals surface area contributed by atoms with Gasteiger partial charge in [-0.3, -0.25) is 18.3 Å². The summed E-state index contributed by atoms with van der Waals surface area (Å²) in [6.07, 6.45) is 0. The average Bonchev–Trinajstić information content (AvgIpc) is 1.58. The molecule has 0 saturated heterocycles. The van der Waals surface area contributed by atoms with Crippen molar-refractivity contribution in [3.8, 4) is 46.3 Å². The van der Waals surface area contributed by atoms with E-state index in [-0.39, 0.29) is 0 Å². The zero-order chi connectivity index (χ0) is 58.7. The summed E-state index contributed by atoms with van der Waals surface area (Å²) in [4.78, 5) is 22.7. The highest BCUT2D eigenvalue weighted by molar-refractivity contribution is 6.25. The van der Waals surface area contributed by atoms with Crippen LogP contribution in [0.25, 0.3) is 177 Å². The predicted octanol–water partition coefficient (Wildman–Crippen LogP) is 19.5. The fourth-order valence-electron chi connectivity index (χ4n) is 15.0. The maximum Gasteiger partial charge on any atom is 0.240 e. The van der Waals surface area contributed by atoms with E-state index in [1.165, 1.54) is 21.5 Å². The SMILES string of the molecule is c1ccc(-c2nc(-n3c4ccccc4c4ccc5c6ccccc6n(-c6cccc(-n7c8ccccc8c8ccccc87)c6)c5c43)nc(-n3c4ccccc4c4ccc5c6ccccc6n(-c6cccc(-n7c8ccccc8c8ccccc87)n6)c5c43)n2)cc1. The molecule has 20 aromatic rings. The second kappa shape index (κ2) is 18.6. The molecule has 0 spiro atoms. The highest BCUT2D eigenvalue weighted by Gasteiger charge is 2.28. The molecule has 0 unspecified atom stereocenters. The summed E-state index contributed by atoms with van der Waals surface area (Å²) in [5, 5.41) is 13.6. The largest absolute Gasteiger partial charge is 0.309 e. The average molecular weight is 1150 g/mol. The van der Waals surface area contributed by atoms with Gasteiger partial charge in [-0.1, -0.05) is 212 Å². The van der Waals surface area contributed by atoms with E-state index in [9.17, 15) is 0 Å². The number of benzene rings is 12. The topological polar surface area (TPSA) is 81.1 Å². The highest BCUT2D eigenvalue weighted by Crippen LogP contribution is 2.45.